The molecule has 1 amide bonds. The predicted molar refractivity (Wildman–Crippen MR) is 98.1 cm³/mol. The standard InChI is InChI=1S/C17H13ClF3N3O5S/c18-9-1-2-12(29-17(19,20)21)13(5-9)30(26,27)24-10-6-11-14(25)23-16(3-4-16)8-28-15(11)22-7-10/h1-2,5-7,24H,3-4,8H2,(H,23,25). The van der Waals surface area contributed by atoms with E-state index in [9.17, 15) is 26.4 Å². The van der Waals surface area contributed by atoms with E-state index in [-0.39, 0.29) is 28.8 Å². The summed E-state index contributed by atoms with van der Waals surface area (Å²) in [5.74, 6) is -1.42. The van der Waals surface area contributed by atoms with Crippen molar-refractivity contribution in [2.45, 2.75) is 29.6 Å². The van der Waals surface area contributed by atoms with E-state index in [0.29, 0.717) is 0 Å². The Kier molecular flexibility index (Phi) is 4.73. The summed E-state index contributed by atoms with van der Waals surface area (Å²) in [6.45, 7) is 0.241. The van der Waals surface area contributed by atoms with Crippen LogP contribution in [-0.4, -0.2) is 37.8 Å². The van der Waals surface area contributed by atoms with Crippen LogP contribution in [0.3, 0.4) is 0 Å². The molecule has 0 radical (unpaired) electrons. The second-order valence-corrected chi connectivity index (χ2v) is 8.93. The Labute approximate surface area is 173 Å². The molecule has 2 N–H and O–H groups in total. The first-order valence-corrected chi connectivity index (χ1v) is 10.4. The molecule has 8 nitrogen and oxygen atoms in total. The van der Waals surface area contributed by atoms with Crippen LogP contribution in [-0.2, 0) is 10.0 Å². The Morgan fingerprint density at radius 3 is 2.67 bits per heavy atom. The highest BCUT2D eigenvalue weighted by molar-refractivity contribution is 7.92. The van der Waals surface area contributed by atoms with Crippen LogP contribution in [0.5, 0.6) is 11.6 Å². The third-order valence-electron chi connectivity index (χ3n) is 4.49. The SMILES string of the molecule is O=C1NC2(CC2)COc2ncc(NS(=O)(=O)c3cc(Cl)ccc3OC(F)(F)F)cc21. The highest BCUT2D eigenvalue weighted by Gasteiger charge is 2.47. The van der Waals surface area contributed by atoms with Gasteiger partial charge in [0, 0.05) is 5.02 Å². The number of pyridine rings is 1. The molecule has 13 heteroatoms. The van der Waals surface area contributed by atoms with Gasteiger partial charge >= 0.3 is 6.36 Å². The van der Waals surface area contributed by atoms with Crippen LogP contribution in [0.4, 0.5) is 18.9 Å². The number of carbonyl (C=O) groups is 1. The molecule has 4 rings (SSSR count). The number of aromatic nitrogens is 1. The minimum absolute atomic E-state index is 0.00293. The zero-order valence-electron chi connectivity index (χ0n) is 14.9. The van der Waals surface area contributed by atoms with Gasteiger partial charge < -0.3 is 14.8 Å². The second kappa shape index (κ2) is 6.91. The Morgan fingerprint density at radius 1 is 1.27 bits per heavy atom. The fraction of sp³-hybridized carbons (Fsp3) is 0.294. The number of nitrogens with one attached hydrogen (secondary N) is 2. The summed E-state index contributed by atoms with van der Waals surface area (Å²) in [6, 6.07) is 3.84. The topological polar surface area (TPSA) is 107 Å². The first kappa shape index (κ1) is 20.5. The van der Waals surface area contributed by atoms with Crippen LogP contribution in [0.25, 0.3) is 0 Å². The first-order chi connectivity index (χ1) is 14.0. The van der Waals surface area contributed by atoms with Gasteiger partial charge in [-0.1, -0.05) is 11.6 Å². The summed E-state index contributed by atoms with van der Waals surface area (Å²) in [5, 5.41) is 2.69. The van der Waals surface area contributed by atoms with Crippen molar-refractivity contribution in [1.82, 2.24) is 10.3 Å². The van der Waals surface area contributed by atoms with Gasteiger partial charge in [-0.2, -0.15) is 0 Å². The van der Waals surface area contributed by atoms with Gasteiger partial charge in [-0.25, -0.2) is 13.4 Å². The number of rotatable bonds is 4. The fourth-order valence-electron chi connectivity index (χ4n) is 2.87. The zero-order chi connectivity index (χ0) is 21.7. The minimum Gasteiger partial charge on any atom is -0.475 e. The summed E-state index contributed by atoms with van der Waals surface area (Å²) >= 11 is 5.75. The third-order valence-corrected chi connectivity index (χ3v) is 6.12. The van der Waals surface area contributed by atoms with E-state index in [1.165, 1.54) is 6.07 Å². The van der Waals surface area contributed by atoms with Crippen LogP contribution < -0.4 is 19.5 Å². The normalized spacial score (nSPS) is 17.4. The number of carbonyl (C=O) groups excluding carboxylic acids is 1. The van der Waals surface area contributed by atoms with Crippen molar-refractivity contribution in [3.63, 3.8) is 0 Å². The molecule has 1 spiro atoms. The largest absolute Gasteiger partial charge is 0.573 e. The van der Waals surface area contributed by atoms with Crippen molar-refractivity contribution in [2.75, 3.05) is 11.3 Å². The lowest BCUT2D eigenvalue weighted by molar-refractivity contribution is -0.275. The number of amides is 1. The van der Waals surface area contributed by atoms with Crippen LogP contribution >= 0.6 is 11.6 Å². The van der Waals surface area contributed by atoms with Crippen LogP contribution in [0.2, 0.25) is 5.02 Å². The van der Waals surface area contributed by atoms with Crippen molar-refractivity contribution in [3.8, 4) is 11.6 Å². The van der Waals surface area contributed by atoms with Gasteiger partial charge in [0.25, 0.3) is 15.9 Å². The molecular weight excluding hydrogens is 451 g/mol. The van der Waals surface area contributed by atoms with Crippen molar-refractivity contribution in [1.29, 1.82) is 0 Å². The number of halogens is 4. The van der Waals surface area contributed by atoms with Gasteiger partial charge in [-0.05, 0) is 37.1 Å². The molecule has 1 aliphatic heterocycles. The van der Waals surface area contributed by atoms with Crippen molar-refractivity contribution in [3.05, 3.63) is 41.0 Å². The first-order valence-electron chi connectivity index (χ1n) is 8.50. The number of ether oxygens (including phenoxy) is 2. The predicted octanol–water partition coefficient (Wildman–Crippen LogP) is 3.09. The number of anilines is 1. The molecule has 2 aliphatic rings. The molecule has 30 heavy (non-hydrogen) atoms. The third kappa shape index (κ3) is 4.24. The van der Waals surface area contributed by atoms with E-state index in [1.807, 2.05) is 0 Å². The Hall–Kier alpha value is -2.73. The van der Waals surface area contributed by atoms with Gasteiger partial charge in [-0.3, -0.25) is 9.52 Å². The summed E-state index contributed by atoms with van der Waals surface area (Å²) in [6.07, 6.45) is -2.52. The molecule has 160 valence electrons. The average molecular weight is 464 g/mol. The number of benzene rings is 1. The minimum atomic E-state index is -5.11. The van der Waals surface area contributed by atoms with Crippen molar-refractivity contribution in [2.24, 2.45) is 0 Å². The molecule has 0 unspecified atom stereocenters. The summed E-state index contributed by atoms with van der Waals surface area (Å²) in [5.41, 5.74) is -0.601. The van der Waals surface area contributed by atoms with E-state index < -0.39 is 38.5 Å². The number of fused-ring (bicyclic) bond motifs is 1. The summed E-state index contributed by atoms with van der Waals surface area (Å²) < 4.78 is 74.7. The van der Waals surface area contributed by atoms with Crippen LogP contribution in [0.1, 0.15) is 23.2 Å². The fourth-order valence-corrected chi connectivity index (χ4v) is 4.29. The molecular formula is C17H13ClF3N3O5S. The smallest absolute Gasteiger partial charge is 0.475 e. The molecule has 1 saturated carbocycles. The van der Waals surface area contributed by atoms with E-state index in [0.717, 1.165) is 37.2 Å². The molecule has 2 heterocycles. The monoisotopic (exact) mass is 463 g/mol. The van der Waals surface area contributed by atoms with Crippen molar-refractivity contribution >= 4 is 33.2 Å². The lowest BCUT2D eigenvalue weighted by Crippen LogP contribution is -2.38. The molecule has 0 saturated heterocycles. The van der Waals surface area contributed by atoms with Crippen LogP contribution in [0, 0.1) is 0 Å². The van der Waals surface area contributed by atoms with Gasteiger partial charge in [-0.15, -0.1) is 13.2 Å². The van der Waals surface area contributed by atoms with Gasteiger partial charge in [0.05, 0.1) is 17.4 Å². The molecule has 1 aromatic carbocycles. The molecule has 2 aromatic rings. The van der Waals surface area contributed by atoms with E-state index in [1.54, 1.807) is 0 Å². The zero-order valence-corrected chi connectivity index (χ0v) is 16.5. The van der Waals surface area contributed by atoms with Gasteiger partial charge in [0.2, 0.25) is 5.88 Å². The molecule has 1 aliphatic carbocycles. The Balaban J connectivity index is 1.65. The average Bonchev–Trinajstić information content (AvgIpc) is 3.41. The summed E-state index contributed by atoms with van der Waals surface area (Å²) in [4.78, 5) is 15.6. The lowest BCUT2D eigenvalue weighted by Gasteiger charge is -2.15. The van der Waals surface area contributed by atoms with Gasteiger partial charge in [0.15, 0.2) is 0 Å². The number of hydrogen-bond acceptors (Lipinski definition) is 6. The number of nitrogens with zero attached hydrogens (tertiary/aromatic N) is 1. The van der Waals surface area contributed by atoms with E-state index in [2.05, 4.69) is 19.8 Å². The van der Waals surface area contributed by atoms with Crippen LogP contribution in [0.15, 0.2) is 35.4 Å². The lowest BCUT2D eigenvalue weighted by atomic mass is 10.2. The maximum atomic E-state index is 12.7. The molecule has 1 aromatic heterocycles. The van der Waals surface area contributed by atoms with Gasteiger partial charge in [0.1, 0.15) is 22.8 Å². The Bertz CT molecular complexity index is 1140. The summed E-state index contributed by atoms with van der Waals surface area (Å²) in [7, 11) is -4.57. The molecule has 0 atom stereocenters. The Morgan fingerprint density at radius 2 is 2.00 bits per heavy atom. The quantitative estimate of drug-likeness (QED) is 0.721. The number of alkyl halides is 3. The van der Waals surface area contributed by atoms with Crippen molar-refractivity contribution < 1.29 is 35.9 Å². The van der Waals surface area contributed by atoms with E-state index in [4.69, 9.17) is 16.3 Å². The second-order valence-electron chi connectivity index (χ2n) is 6.84. The number of sulfonamides is 1. The maximum Gasteiger partial charge on any atom is 0.573 e. The maximum absolute atomic E-state index is 12.7. The molecule has 1 fully saturated rings. The highest BCUT2D eigenvalue weighted by Crippen LogP contribution is 2.39. The highest BCUT2D eigenvalue weighted by atomic mass is 35.5. The molecule has 0 bridgehead atoms. The number of hydrogen-bond donors (Lipinski definition) is 2. The van der Waals surface area contributed by atoms with E-state index >= 15 is 0 Å².